The molecule has 66 valence electrons. The molecule has 0 aromatic carbocycles. The lowest BCUT2D eigenvalue weighted by molar-refractivity contribution is -0.113. The first-order chi connectivity index (χ1) is 5.04. The number of carbonyl (C=O) groups is 1. The maximum atomic E-state index is 9.71. The van der Waals surface area contributed by atoms with Gasteiger partial charge in [0.15, 0.2) is 11.1 Å². The summed E-state index contributed by atoms with van der Waals surface area (Å²) < 4.78 is 17.7. The first-order valence-electron chi connectivity index (χ1n) is 3.03. The van der Waals surface area contributed by atoms with Crippen molar-refractivity contribution in [3.63, 3.8) is 0 Å². The third-order valence-electron chi connectivity index (χ3n) is 0.580. The number of hydrogen-bond donors (Lipinski definition) is 2. The van der Waals surface area contributed by atoms with Crippen LogP contribution in [0.15, 0.2) is 12.7 Å². The van der Waals surface area contributed by atoms with Crippen LogP contribution in [0.3, 0.4) is 0 Å². The highest BCUT2D eigenvalue weighted by molar-refractivity contribution is 7.79. The van der Waals surface area contributed by atoms with Crippen molar-refractivity contribution in [2.75, 3.05) is 5.75 Å². The minimum atomic E-state index is -1.57. The first kappa shape index (κ1) is 12.9. The molecule has 3 N–H and O–H groups in total. The number of nitrogens with two attached hydrogens (primary N) is 1. The lowest BCUT2D eigenvalue weighted by Crippen LogP contribution is -2.04. The van der Waals surface area contributed by atoms with Gasteiger partial charge in [0.1, 0.15) is 0 Å². The number of primary amides is 1. The predicted octanol–water partition coefficient (Wildman–Crippen LogP) is 0.276. The summed E-state index contributed by atoms with van der Waals surface area (Å²) in [6, 6.07) is 0. The predicted molar refractivity (Wildman–Crippen MR) is 45.3 cm³/mol. The topological polar surface area (TPSA) is 80.4 Å². The highest BCUT2D eigenvalue weighted by atomic mass is 32.2. The van der Waals surface area contributed by atoms with E-state index in [1.165, 1.54) is 0 Å². The third-order valence-corrected chi connectivity index (χ3v) is 1.34. The Morgan fingerprint density at radius 1 is 1.82 bits per heavy atom. The summed E-state index contributed by atoms with van der Waals surface area (Å²) in [5, 5.41) is 0. The van der Waals surface area contributed by atoms with E-state index in [0.29, 0.717) is 5.75 Å². The number of carbonyl (C=O) groups excluding carboxylic acids is 1. The van der Waals surface area contributed by atoms with Gasteiger partial charge < -0.3 is 10.3 Å². The Morgan fingerprint density at radius 3 is 2.18 bits per heavy atom. The molecule has 11 heavy (non-hydrogen) atoms. The van der Waals surface area contributed by atoms with E-state index in [2.05, 4.69) is 12.3 Å². The van der Waals surface area contributed by atoms with Crippen LogP contribution < -0.4 is 5.73 Å². The van der Waals surface area contributed by atoms with Gasteiger partial charge in [0, 0.05) is 5.75 Å². The average Bonchev–Trinajstić information content (AvgIpc) is 1.89. The molecule has 1 amide bonds. The van der Waals surface area contributed by atoms with E-state index in [-0.39, 0.29) is 0 Å². The van der Waals surface area contributed by atoms with Crippen LogP contribution in [0.25, 0.3) is 0 Å². The molecule has 0 saturated carbocycles. The SMILES string of the molecule is C=CC(N)=O.CCCS(=O)O. The van der Waals surface area contributed by atoms with Crippen molar-refractivity contribution in [1.29, 1.82) is 0 Å². The maximum Gasteiger partial charge on any atom is 0.240 e. The Hall–Kier alpha value is -0.680. The van der Waals surface area contributed by atoms with Crippen molar-refractivity contribution >= 4 is 17.0 Å². The van der Waals surface area contributed by atoms with Gasteiger partial charge in [0.2, 0.25) is 5.91 Å². The standard InChI is InChI=1S/C3H5NO.C3H8O2S/c1-2-3(4)5;1-2-3-6(4)5/h2H,1H2,(H2,4,5);2-3H2,1H3,(H,4,5). The second kappa shape index (κ2) is 9.32. The normalized spacial score (nSPS) is 10.7. The molecule has 0 bridgehead atoms. The Morgan fingerprint density at radius 2 is 2.18 bits per heavy atom. The molecular weight excluding hydrogens is 166 g/mol. The highest BCUT2D eigenvalue weighted by Crippen LogP contribution is 1.76. The van der Waals surface area contributed by atoms with Gasteiger partial charge in [0.05, 0.1) is 0 Å². The van der Waals surface area contributed by atoms with Crippen LogP contribution in [0.4, 0.5) is 0 Å². The van der Waals surface area contributed by atoms with E-state index in [4.69, 9.17) is 4.55 Å². The summed E-state index contributed by atoms with van der Waals surface area (Å²) in [6.07, 6.45) is 1.84. The van der Waals surface area contributed by atoms with Crippen molar-refractivity contribution in [2.45, 2.75) is 13.3 Å². The average molecular weight is 179 g/mol. The highest BCUT2D eigenvalue weighted by Gasteiger charge is 1.83. The van der Waals surface area contributed by atoms with Gasteiger partial charge >= 0.3 is 0 Å². The van der Waals surface area contributed by atoms with Gasteiger partial charge in [-0.05, 0) is 12.5 Å². The van der Waals surface area contributed by atoms with Crippen LogP contribution in [-0.2, 0) is 15.9 Å². The minimum Gasteiger partial charge on any atom is -0.366 e. The first-order valence-corrected chi connectivity index (χ1v) is 4.31. The van der Waals surface area contributed by atoms with Crippen LogP contribution >= 0.6 is 0 Å². The van der Waals surface area contributed by atoms with E-state index in [0.717, 1.165) is 12.5 Å². The maximum absolute atomic E-state index is 9.71. The fourth-order valence-corrected chi connectivity index (χ4v) is 0.524. The van der Waals surface area contributed by atoms with Gasteiger partial charge in [-0.25, -0.2) is 4.21 Å². The summed E-state index contributed by atoms with van der Waals surface area (Å²) in [5.41, 5.74) is 4.53. The van der Waals surface area contributed by atoms with E-state index in [9.17, 15) is 9.00 Å². The Bertz CT molecular complexity index is 147. The van der Waals surface area contributed by atoms with Crippen molar-refractivity contribution in [3.05, 3.63) is 12.7 Å². The zero-order valence-corrected chi connectivity index (χ0v) is 7.26. The Kier molecular flexibility index (Phi) is 11.0. The van der Waals surface area contributed by atoms with E-state index < -0.39 is 17.0 Å². The van der Waals surface area contributed by atoms with E-state index in [1.54, 1.807) is 0 Å². The molecule has 0 radical (unpaired) electrons. The molecule has 0 rings (SSSR count). The van der Waals surface area contributed by atoms with Gasteiger partial charge in [-0.2, -0.15) is 0 Å². The zero-order chi connectivity index (χ0) is 9.28. The van der Waals surface area contributed by atoms with Gasteiger partial charge in [-0.3, -0.25) is 4.79 Å². The van der Waals surface area contributed by atoms with Crippen molar-refractivity contribution in [2.24, 2.45) is 5.73 Å². The molecule has 0 aromatic rings. The molecule has 1 atom stereocenters. The number of rotatable bonds is 3. The van der Waals surface area contributed by atoms with Crippen LogP contribution in [0, 0.1) is 0 Å². The van der Waals surface area contributed by atoms with E-state index >= 15 is 0 Å². The largest absolute Gasteiger partial charge is 0.366 e. The van der Waals surface area contributed by atoms with Gasteiger partial charge in [0.25, 0.3) is 0 Å². The van der Waals surface area contributed by atoms with Crippen molar-refractivity contribution in [3.8, 4) is 0 Å². The molecule has 0 spiro atoms. The summed E-state index contributed by atoms with van der Waals surface area (Å²) in [4.78, 5) is 9.47. The zero-order valence-electron chi connectivity index (χ0n) is 6.45. The fourth-order valence-electron chi connectivity index (χ4n) is 0.175. The minimum absolute atomic E-state index is 0.403. The van der Waals surface area contributed by atoms with Crippen LogP contribution in [0.2, 0.25) is 0 Å². The molecule has 5 heteroatoms. The third kappa shape index (κ3) is 26.8. The van der Waals surface area contributed by atoms with Crippen LogP contribution in [0.1, 0.15) is 13.3 Å². The summed E-state index contributed by atoms with van der Waals surface area (Å²) >= 11 is -1.57. The number of amides is 1. The quantitative estimate of drug-likeness (QED) is 0.482. The molecule has 0 saturated heterocycles. The molecule has 0 aliphatic rings. The molecule has 0 aliphatic heterocycles. The lowest BCUT2D eigenvalue weighted by Gasteiger charge is -1.81. The second-order valence-electron chi connectivity index (χ2n) is 1.63. The molecule has 0 aromatic heterocycles. The Balaban J connectivity index is 0. The van der Waals surface area contributed by atoms with Gasteiger partial charge in [-0.1, -0.05) is 13.5 Å². The molecule has 0 heterocycles. The molecule has 1 unspecified atom stereocenters. The van der Waals surface area contributed by atoms with Crippen LogP contribution in [-0.4, -0.2) is 20.4 Å². The molecule has 4 nitrogen and oxygen atoms in total. The molecular formula is C6H13NO3S. The summed E-state index contributed by atoms with van der Waals surface area (Å²) in [7, 11) is 0. The summed E-state index contributed by atoms with van der Waals surface area (Å²) in [5.74, 6) is -0.0787. The Labute approximate surface area is 68.8 Å². The number of hydrogen-bond acceptors (Lipinski definition) is 2. The van der Waals surface area contributed by atoms with Crippen molar-refractivity contribution in [1.82, 2.24) is 0 Å². The fraction of sp³-hybridized carbons (Fsp3) is 0.500. The lowest BCUT2D eigenvalue weighted by atomic mass is 10.6. The van der Waals surface area contributed by atoms with E-state index in [1.807, 2.05) is 6.92 Å². The molecule has 0 aliphatic carbocycles. The molecule has 0 fully saturated rings. The van der Waals surface area contributed by atoms with Gasteiger partial charge in [-0.15, -0.1) is 0 Å². The van der Waals surface area contributed by atoms with Crippen LogP contribution in [0.5, 0.6) is 0 Å². The summed E-state index contributed by atoms with van der Waals surface area (Å²) in [6.45, 7) is 4.95. The monoisotopic (exact) mass is 179 g/mol. The second-order valence-corrected chi connectivity index (χ2v) is 2.68. The smallest absolute Gasteiger partial charge is 0.240 e. The van der Waals surface area contributed by atoms with Crippen molar-refractivity contribution < 1.29 is 13.6 Å².